The first-order valence-electron chi connectivity index (χ1n) is 5.98. The third-order valence-electron chi connectivity index (χ3n) is 2.66. The lowest BCUT2D eigenvalue weighted by Gasteiger charge is -2.25. The molecule has 0 radical (unpaired) electrons. The Morgan fingerprint density at radius 3 is 2.76 bits per heavy atom. The predicted octanol–water partition coefficient (Wildman–Crippen LogP) is 2.63. The fourth-order valence-electron chi connectivity index (χ4n) is 1.86. The molecule has 1 N–H and O–H groups in total. The monoisotopic (exact) mass is 239 g/mol. The average molecular weight is 239 g/mol. The van der Waals surface area contributed by atoms with Crippen LogP contribution in [0, 0.1) is 11.2 Å². The summed E-state index contributed by atoms with van der Waals surface area (Å²) in [6, 6.07) is 6.82. The van der Waals surface area contributed by atoms with Crippen LogP contribution in [0.5, 0.6) is 0 Å². The SMILES string of the molecule is COCCNCC(C)(C)Cc1cccc(F)c1. The van der Waals surface area contributed by atoms with Gasteiger partial charge >= 0.3 is 0 Å². The molecular weight excluding hydrogens is 217 g/mol. The Labute approximate surface area is 103 Å². The maximum atomic E-state index is 13.1. The van der Waals surface area contributed by atoms with Gasteiger partial charge in [0, 0.05) is 20.2 Å². The summed E-state index contributed by atoms with van der Waals surface area (Å²) >= 11 is 0. The lowest BCUT2D eigenvalue weighted by atomic mass is 9.85. The van der Waals surface area contributed by atoms with Gasteiger partial charge < -0.3 is 10.1 Å². The minimum absolute atomic E-state index is 0.113. The second kappa shape index (κ2) is 6.72. The van der Waals surface area contributed by atoms with Crippen molar-refractivity contribution in [3.05, 3.63) is 35.6 Å². The Balaban J connectivity index is 2.42. The molecule has 0 saturated heterocycles. The Kier molecular flexibility index (Phi) is 5.59. The van der Waals surface area contributed by atoms with Crippen molar-refractivity contribution in [3.8, 4) is 0 Å². The van der Waals surface area contributed by atoms with Crippen molar-refractivity contribution in [1.29, 1.82) is 0 Å². The summed E-state index contributed by atoms with van der Waals surface area (Å²) in [5, 5.41) is 3.34. The van der Waals surface area contributed by atoms with Gasteiger partial charge in [0.2, 0.25) is 0 Å². The quantitative estimate of drug-likeness (QED) is 0.739. The molecule has 3 heteroatoms. The van der Waals surface area contributed by atoms with Gasteiger partial charge in [-0.3, -0.25) is 0 Å². The molecule has 1 rings (SSSR count). The summed E-state index contributed by atoms with van der Waals surface area (Å²) in [4.78, 5) is 0. The molecule has 0 spiro atoms. The topological polar surface area (TPSA) is 21.3 Å². The van der Waals surface area contributed by atoms with Crippen LogP contribution in [0.3, 0.4) is 0 Å². The minimum Gasteiger partial charge on any atom is -0.383 e. The molecule has 1 aromatic carbocycles. The molecule has 0 atom stereocenters. The maximum Gasteiger partial charge on any atom is 0.123 e. The van der Waals surface area contributed by atoms with Gasteiger partial charge in [-0.15, -0.1) is 0 Å². The van der Waals surface area contributed by atoms with E-state index in [0.29, 0.717) is 0 Å². The van der Waals surface area contributed by atoms with E-state index in [1.807, 2.05) is 6.07 Å². The van der Waals surface area contributed by atoms with Crippen LogP contribution in [0.15, 0.2) is 24.3 Å². The molecule has 0 aliphatic rings. The third-order valence-corrected chi connectivity index (χ3v) is 2.66. The van der Waals surface area contributed by atoms with E-state index in [4.69, 9.17) is 4.74 Å². The van der Waals surface area contributed by atoms with Crippen LogP contribution < -0.4 is 5.32 Å². The molecule has 0 amide bonds. The Morgan fingerprint density at radius 1 is 1.35 bits per heavy atom. The molecule has 2 nitrogen and oxygen atoms in total. The van der Waals surface area contributed by atoms with Gasteiger partial charge in [0.25, 0.3) is 0 Å². The Hall–Kier alpha value is -0.930. The Morgan fingerprint density at radius 2 is 2.12 bits per heavy atom. The molecule has 0 aliphatic carbocycles. The number of benzene rings is 1. The van der Waals surface area contributed by atoms with Crippen molar-refractivity contribution < 1.29 is 9.13 Å². The third kappa shape index (κ3) is 5.80. The van der Waals surface area contributed by atoms with Gasteiger partial charge in [0.05, 0.1) is 6.61 Å². The summed E-state index contributed by atoms with van der Waals surface area (Å²) in [5.41, 5.74) is 1.16. The zero-order chi connectivity index (χ0) is 12.7. The highest BCUT2D eigenvalue weighted by atomic mass is 19.1. The zero-order valence-corrected chi connectivity index (χ0v) is 10.9. The van der Waals surface area contributed by atoms with Crippen LogP contribution >= 0.6 is 0 Å². The van der Waals surface area contributed by atoms with Gasteiger partial charge in [0.15, 0.2) is 0 Å². The summed E-state index contributed by atoms with van der Waals surface area (Å²) < 4.78 is 18.0. The van der Waals surface area contributed by atoms with Gasteiger partial charge in [-0.1, -0.05) is 26.0 Å². The zero-order valence-electron chi connectivity index (χ0n) is 10.9. The lowest BCUT2D eigenvalue weighted by Crippen LogP contribution is -2.33. The van der Waals surface area contributed by atoms with E-state index >= 15 is 0 Å². The lowest BCUT2D eigenvalue weighted by molar-refractivity contribution is 0.194. The fraction of sp³-hybridized carbons (Fsp3) is 0.571. The second-order valence-corrected chi connectivity index (χ2v) is 5.14. The molecule has 0 heterocycles. The first-order chi connectivity index (χ1) is 8.03. The van der Waals surface area contributed by atoms with Crippen LogP contribution in [-0.4, -0.2) is 26.8 Å². The second-order valence-electron chi connectivity index (χ2n) is 5.14. The van der Waals surface area contributed by atoms with Crippen LogP contribution in [-0.2, 0) is 11.2 Å². The van der Waals surface area contributed by atoms with Gasteiger partial charge in [-0.05, 0) is 29.5 Å². The molecule has 0 fully saturated rings. The molecule has 96 valence electrons. The van der Waals surface area contributed by atoms with Gasteiger partial charge in [-0.2, -0.15) is 0 Å². The van der Waals surface area contributed by atoms with Crippen molar-refractivity contribution in [2.24, 2.45) is 5.41 Å². The molecule has 0 unspecified atom stereocenters. The maximum absolute atomic E-state index is 13.1. The summed E-state index contributed by atoms with van der Waals surface area (Å²) in [7, 11) is 1.69. The molecule has 1 aromatic rings. The van der Waals surface area contributed by atoms with E-state index in [1.165, 1.54) is 6.07 Å². The molecule has 0 aromatic heterocycles. The van der Waals surface area contributed by atoms with E-state index in [1.54, 1.807) is 19.2 Å². The van der Waals surface area contributed by atoms with E-state index in [9.17, 15) is 4.39 Å². The molecule has 0 aliphatic heterocycles. The average Bonchev–Trinajstić information content (AvgIpc) is 2.24. The molecule has 0 saturated carbocycles. The van der Waals surface area contributed by atoms with Crippen LogP contribution in [0.4, 0.5) is 4.39 Å². The van der Waals surface area contributed by atoms with Crippen molar-refractivity contribution >= 4 is 0 Å². The number of hydrogen-bond donors (Lipinski definition) is 1. The van der Waals surface area contributed by atoms with E-state index < -0.39 is 0 Å². The predicted molar refractivity (Wildman–Crippen MR) is 68.6 cm³/mol. The van der Waals surface area contributed by atoms with Crippen molar-refractivity contribution in [2.45, 2.75) is 20.3 Å². The van der Waals surface area contributed by atoms with E-state index in [2.05, 4.69) is 19.2 Å². The highest BCUT2D eigenvalue weighted by molar-refractivity contribution is 5.17. The highest BCUT2D eigenvalue weighted by Gasteiger charge is 2.18. The number of methoxy groups -OCH3 is 1. The number of rotatable bonds is 7. The first kappa shape index (κ1) is 14.1. The smallest absolute Gasteiger partial charge is 0.123 e. The fourth-order valence-corrected chi connectivity index (χ4v) is 1.86. The number of halogens is 1. The largest absolute Gasteiger partial charge is 0.383 e. The van der Waals surface area contributed by atoms with Gasteiger partial charge in [-0.25, -0.2) is 4.39 Å². The van der Waals surface area contributed by atoms with E-state index in [0.717, 1.165) is 31.7 Å². The molecule has 0 bridgehead atoms. The van der Waals surface area contributed by atoms with Crippen molar-refractivity contribution in [1.82, 2.24) is 5.32 Å². The van der Waals surface area contributed by atoms with Crippen LogP contribution in [0.25, 0.3) is 0 Å². The molecule has 17 heavy (non-hydrogen) atoms. The number of nitrogens with one attached hydrogen (secondary N) is 1. The van der Waals surface area contributed by atoms with Crippen LogP contribution in [0.1, 0.15) is 19.4 Å². The van der Waals surface area contributed by atoms with Crippen molar-refractivity contribution in [3.63, 3.8) is 0 Å². The standard InChI is InChI=1S/C14H22FNO/c1-14(2,11-16-7-8-17-3)10-12-5-4-6-13(15)9-12/h4-6,9,16H,7-8,10-11H2,1-3H3. The Bertz CT molecular complexity index is 339. The normalized spacial score (nSPS) is 11.8. The summed E-state index contributed by atoms with van der Waals surface area (Å²) in [6.07, 6.45) is 0.866. The molecular formula is C14H22FNO. The summed E-state index contributed by atoms with van der Waals surface area (Å²) in [5.74, 6) is -0.161. The van der Waals surface area contributed by atoms with Crippen LogP contribution in [0.2, 0.25) is 0 Å². The van der Waals surface area contributed by atoms with Crippen molar-refractivity contribution in [2.75, 3.05) is 26.8 Å². The highest BCUT2D eigenvalue weighted by Crippen LogP contribution is 2.21. The number of hydrogen-bond acceptors (Lipinski definition) is 2. The first-order valence-corrected chi connectivity index (χ1v) is 5.98. The summed E-state index contributed by atoms with van der Waals surface area (Å²) in [6.45, 7) is 6.82. The van der Waals surface area contributed by atoms with Gasteiger partial charge in [0.1, 0.15) is 5.82 Å². The number of ether oxygens (including phenoxy) is 1. The van der Waals surface area contributed by atoms with E-state index in [-0.39, 0.29) is 11.2 Å². The minimum atomic E-state index is -0.161.